The molecule has 3 heteroatoms. The van der Waals surface area contributed by atoms with Crippen LogP contribution in [0.2, 0.25) is 0 Å². The average molecular weight is 193 g/mol. The molecule has 0 spiro atoms. The Morgan fingerprint density at radius 3 is 2.36 bits per heavy atom. The van der Waals surface area contributed by atoms with Gasteiger partial charge in [-0.15, -0.1) is 0 Å². The maximum atomic E-state index is 5.66. The van der Waals surface area contributed by atoms with E-state index in [-0.39, 0.29) is 0 Å². The van der Waals surface area contributed by atoms with Gasteiger partial charge in [-0.3, -0.25) is 0 Å². The maximum Gasteiger partial charge on any atom is 0.131 e. The number of anilines is 1. The summed E-state index contributed by atoms with van der Waals surface area (Å²) in [7, 11) is 0. The van der Waals surface area contributed by atoms with Crippen molar-refractivity contribution in [3.05, 3.63) is 29.1 Å². The van der Waals surface area contributed by atoms with Crippen molar-refractivity contribution >= 4 is 11.9 Å². The molecule has 14 heavy (non-hydrogen) atoms. The minimum Gasteiger partial charge on any atom is -0.405 e. The minimum absolute atomic E-state index is 0.528. The Bertz CT molecular complexity index is 317. The summed E-state index contributed by atoms with van der Waals surface area (Å²) < 4.78 is 0. The van der Waals surface area contributed by atoms with Crippen molar-refractivity contribution in [1.82, 2.24) is 4.98 Å². The normalized spacial score (nSPS) is 9.71. The average Bonchev–Trinajstić information content (AvgIpc) is 2.18. The van der Waals surface area contributed by atoms with Crippen LogP contribution in [0.15, 0.2) is 12.3 Å². The van der Waals surface area contributed by atoms with Crippen LogP contribution in [-0.4, -0.2) is 4.98 Å². The van der Waals surface area contributed by atoms with Crippen molar-refractivity contribution in [2.24, 2.45) is 5.73 Å². The standard InChI is InChI=1S/C9H13N3.C2H6/c1-6-5-8(3-4-10)9(11)12-7(6)2;1-2/h3-5H,10H2,1-2H3,(H2,11,12);1-2H3/b4-3-;. The number of hydrogen-bond acceptors (Lipinski definition) is 3. The fourth-order valence-corrected chi connectivity index (χ4v) is 0.982. The van der Waals surface area contributed by atoms with Gasteiger partial charge in [0.15, 0.2) is 0 Å². The molecule has 0 radical (unpaired) electrons. The molecular weight excluding hydrogens is 174 g/mol. The molecule has 3 nitrogen and oxygen atoms in total. The maximum absolute atomic E-state index is 5.66. The Morgan fingerprint density at radius 1 is 1.29 bits per heavy atom. The number of hydrogen-bond donors (Lipinski definition) is 2. The van der Waals surface area contributed by atoms with E-state index in [1.807, 2.05) is 33.8 Å². The Kier molecular flexibility index (Phi) is 5.37. The van der Waals surface area contributed by atoms with Crippen LogP contribution in [0, 0.1) is 13.8 Å². The molecule has 1 aromatic rings. The first-order chi connectivity index (χ1) is 6.65. The third-order valence-corrected chi connectivity index (χ3v) is 1.80. The first-order valence-electron chi connectivity index (χ1n) is 4.77. The molecule has 0 aliphatic rings. The van der Waals surface area contributed by atoms with Gasteiger partial charge in [-0.2, -0.15) is 0 Å². The van der Waals surface area contributed by atoms with Crippen LogP contribution in [0.3, 0.4) is 0 Å². The summed E-state index contributed by atoms with van der Waals surface area (Å²) in [5, 5.41) is 0. The predicted octanol–water partition coefficient (Wildman–Crippen LogP) is 2.24. The zero-order valence-electron chi connectivity index (χ0n) is 9.33. The molecule has 0 fully saturated rings. The van der Waals surface area contributed by atoms with Crippen LogP contribution in [-0.2, 0) is 0 Å². The van der Waals surface area contributed by atoms with Crippen LogP contribution in [0.1, 0.15) is 30.7 Å². The zero-order valence-corrected chi connectivity index (χ0v) is 9.33. The van der Waals surface area contributed by atoms with Gasteiger partial charge in [-0.1, -0.05) is 13.8 Å². The van der Waals surface area contributed by atoms with E-state index in [9.17, 15) is 0 Å². The van der Waals surface area contributed by atoms with Gasteiger partial charge in [0.25, 0.3) is 0 Å². The largest absolute Gasteiger partial charge is 0.405 e. The topological polar surface area (TPSA) is 64.9 Å². The van der Waals surface area contributed by atoms with Crippen LogP contribution >= 0.6 is 0 Å². The van der Waals surface area contributed by atoms with E-state index in [4.69, 9.17) is 11.5 Å². The van der Waals surface area contributed by atoms with E-state index in [1.54, 1.807) is 6.08 Å². The molecule has 0 aliphatic heterocycles. The highest BCUT2D eigenvalue weighted by molar-refractivity contribution is 5.61. The predicted molar refractivity (Wildman–Crippen MR) is 62.7 cm³/mol. The second-order valence-corrected chi connectivity index (χ2v) is 2.72. The molecule has 0 unspecified atom stereocenters. The van der Waals surface area contributed by atoms with Crippen LogP contribution in [0.5, 0.6) is 0 Å². The molecule has 4 N–H and O–H groups in total. The van der Waals surface area contributed by atoms with Crippen LogP contribution in [0.4, 0.5) is 5.82 Å². The number of nitrogens with zero attached hydrogens (tertiary/aromatic N) is 1. The van der Waals surface area contributed by atoms with Gasteiger partial charge in [0.2, 0.25) is 0 Å². The number of nitrogens with two attached hydrogens (primary N) is 2. The lowest BCUT2D eigenvalue weighted by Gasteiger charge is -2.03. The van der Waals surface area contributed by atoms with Gasteiger partial charge >= 0.3 is 0 Å². The fourth-order valence-electron chi connectivity index (χ4n) is 0.982. The lowest BCUT2D eigenvalue weighted by molar-refractivity contribution is 1.15. The second-order valence-electron chi connectivity index (χ2n) is 2.72. The molecule has 0 amide bonds. The fraction of sp³-hybridized carbons (Fsp3) is 0.364. The smallest absolute Gasteiger partial charge is 0.131 e. The van der Waals surface area contributed by atoms with E-state index >= 15 is 0 Å². The van der Waals surface area contributed by atoms with Crippen molar-refractivity contribution in [2.45, 2.75) is 27.7 Å². The molecule has 0 saturated heterocycles. The van der Waals surface area contributed by atoms with Gasteiger partial charge in [0.1, 0.15) is 5.82 Å². The van der Waals surface area contributed by atoms with Gasteiger partial charge in [0, 0.05) is 11.3 Å². The molecular formula is C11H19N3. The van der Waals surface area contributed by atoms with E-state index in [0.717, 1.165) is 16.8 Å². The van der Waals surface area contributed by atoms with Crippen molar-refractivity contribution < 1.29 is 0 Å². The van der Waals surface area contributed by atoms with Gasteiger partial charge in [-0.05, 0) is 37.8 Å². The highest BCUT2D eigenvalue weighted by Crippen LogP contribution is 2.14. The summed E-state index contributed by atoms with van der Waals surface area (Å²) in [6.07, 6.45) is 3.21. The first kappa shape index (κ1) is 12.5. The molecule has 1 aromatic heterocycles. The molecule has 1 rings (SSSR count). The van der Waals surface area contributed by atoms with E-state index < -0.39 is 0 Å². The molecule has 0 aliphatic carbocycles. The van der Waals surface area contributed by atoms with Crippen molar-refractivity contribution in [2.75, 3.05) is 5.73 Å². The van der Waals surface area contributed by atoms with Crippen LogP contribution in [0.25, 0.3) is 6.08 Å². The first-order valence-corrected chi connectivity index (χ1v) is 4.77. The van der Waals surface area contributed by atoms with Crippen molar-refractivity contribution in [1.29, 1.82) is 0 Å². The molecule has 0 atom stereocenters. The summed E-state index contributed by atoms with van der Waals surface area (Å²) in [6, 6.07) is 1.97. The summed E-state index contributed by atoms with van der Waals surface area (Å²) >= 11 is 0. The molecule has 78 valence electrons. The summed E-state index contributed by atoms with van der Waals surface area (Å²) in [4.78, 5) is 4.16. The lowest BCUT2D eigenvalue weighted by atomic mass is 10.1. The minimum atomic E-state index is 0.528. The van der Waals surface area contributed by atoms with Crippen molar-refractivity contribution in [3.63, 3.8) is 0 Å². The lowest BCUT2D eigenvalue weighted by Crippen LogP contribution is -1.98. The molecule has 0 saturated carbocycles. The SMILES string of the molecule is CC.Cc1cc(/C=C\N)c(N)nc1C. The monoisotopic (exact) mass is 193 g/mol. The third-order valence-electron chi connectivity index (χ3n) is 1.80. The highest BCUT2D eigenvalue weighted by atomic mass is 14.8. The zero-order chi connectivity index (χ0) is 11.1. The third kappa shape index (κ3) is 3.09. The van der Waals surface area contributed by atoms with Crippen LogP contribution < -0.4 is 11.5 Å². The number of aromatic nitrogens is 1. The molecule has 1 heterocycles. The second kappa shape index (κ2) is 6.02. The Balaban J connectivity index is 0.000000791. The van der Waals surface area contributed by atoms with Gasteiger partial charge in [0.05, 0.1) is 0 Å². The summed E-state index contributed by atoms with van der Waals surface area (Å²) in [5.41, 5.74) is 13.9. The summed E-state index contributed by atoms with van der Waals surface area (Å²) in [6.45, 7) is 7.93. The number of pyridine rings is 1. The number of nitrogen functional groups attached to an aromatic ring is 1. The molecule has 0 aromatic carbocycles. The Morgan fingerprint density at radius 2 is 1.86 bits per heavy atom. The van der Waals surface area contributed by atoms with E-state index in [0.29, 0.717) is 5.82 Å². The van der Waals surface area contributed by atoms with Crippen molar-refractivity contribution in [3.8, 4) is 0 Å². The van der Waals surface area contributed by atoms with Gasteiger partial charge < -0.3 is 11.5 Å². The Hall–Kier alpha value is -1.51. The van der Waals surface area contributed by atoms with E-state index in [2.05, 4.69) is 4.98 Å². The van der Waals surface area contributed by atoms with Gasteiger partial charge in [-0.25, -0.2) is 4.98 Å². The highest BCUT2D eigenvalue weighted by Gasteiger charge is 1.99. The quantitative estimate of drug-likeness (QED) is 0.718. The number of aryl methyl sites for hydroxylation is 2. The number of rotatable bonds is 1. The summed E-state index contributed by atoms with van der Waals surface area (Å²) in [5.74, 6) is 0.528. The van der Waals surface area contributed by atoms with E-state index in [1.165, 1.54) is 6.20 Å². The Labute approximate surface area is 85.8 Å². The molecule has 0 bridgehead atoms.